The molecule has 5 nitrogen and oxygen atoms in total. The lowest BCUT2D eigenvalue weighted by molar-refractivity contribution is -0.152. The fraction of sp³-hybridized carbons (Fsp3) is 0.818. The largest absolute Gasteiger partial charge is 0.381 e. The van der Waals surface area contributed by atoms with Crippen LogP contribution in [0.25, 0.3) is 0 Å². The van der Waals surface area contributed by atoms with Crippen LogP contribution in [0.1, 0.15) is 26.7 Å². The SMILES string of the molecule is CC1NC(=O)C(C)N(C2CCOCC2)C1=O. The van der Waals surface area contributed by atoms with Crippen molar-refractivity contribution in [1.29, 1.82) is 0 Å². The molecule has 90 valence electrons. The number of nitrogens with one attached hydrogen (secondary N) is 1. The molecule has 5 heteroatoms. The van der Waals surface area contributed by atoms with Gasteiger partial charge in [-0.1, -0.05) is 0 Å². The first-order valence-electron chi connectivity index (χ1n) is 5.81. The van der Waals surface area contributed by atoms with Gasteiger partial charge >= 0.3 is 0 Å². The summed E-state index contributed by atoms with van der Waals surface area (Å²) in [7, 11) is 0. The van der Waals surface area contributed by atoms with Gasteiger partial charge in [0.1, 0.15) is 12.1 Å². The van der Waals surface area contributed by atoms with Gasteiger partial charge in [0.25, 0.3) is 0 Å². The summed E-state index contributed by atoms with van der Waals surface area (Å²) in [6.07, 6.45) is 1.66. The van der Waals surface area contributed by atoms with Gasteiger partial charge in [-0.3, -0.25) is 9.59 Å². The van der Waals surface area contributed by atoms with Crippen molar-refractivity contribution in [3.63, 3.8) is 0 Å². The molecule has 2 fully saturated rings. The molecule has 2 saturated heterocycles. The third-order valence-electron chi connectivity index (χ3n) is 3.36. The van der Waals surface area contributed by atoms with Crippen molar-refractivity contribution in [1.82, 2.24) is 10.2 Å². The van der Waals surface area contributed by atoms with Crippen molar-refractivity contribution >= 4 is 11.8 Å². The minimum atomic E-state index is -0.397. The minimum Gasteiger partial charge on any atom is -0.381 e. The molecule has 1 N–H and O–H groups in total. The maximum atomic E-state index is 12.1. The molecule has 0 spiro atoms. The summed E-state index contributed by atoms with van der Waals surface area (Å²) in [6, 6.07) is -0.594. The lowest BCUT2D eigenvalue weighted by Crippen LogP contribution is -2.64. The molecular formula is C11H18N2O3. The van der Waals surface area contributed by atoms with E-state index in [1.165, 1.54) is 0 Å². The third kappa shape index (κ3) is 1.91. The van der Waals surface area contributed by atoms with Crippen LogP contribution < -0.4 is 5.32 Å². The number of ether oxygens (including phenoxy) is 1. The maximum absolute atomic E-state index is 12.1. The molecule has 0 bridgehead atoms. The van der Waals surface area contributed by atoms with E-state index in [-0.39, 0.29) is 23.9 Å². The van der Waals surface area contributed by atoms with Gasteiger partial charge in [0.05, 0.1) is 0 Å². The number of hydrogen-bond donors (Lipinski definition) is 1. The minimum absolute atomic E-state index is 0.0269. The zero-order valence-electron chi connectivity index (χ0n) is 9.73. The van der Waals surface area contributed by atoms with Crippen LogP contribution >= 0.6 is 0 Å². The van der Waals surface area contributed by atoms with Gasteiger partial charge in [0.2, 0.25) is 11.8 Å². The van der Waals surface area contributed by atoms with Crippen LogP contribution in [0.5, 0.6) is 0 Å². The van der Waals surface area contributed by atoms with Gasteiger partial charge in [0.15, 0.2) is 0 Å². The van der Waals surface area contributed by atoms with E-state index in [0.717, 1.165) is 12.8 Å². The highest BCUT2D eigenvalue weighted by atomic mass is 16.5. The number of carbonyl (C=O) groups is 2. The van der Waals surface area contributed by atoms with Gasteiger partial charge in [0, 0.05) is 19.3 Å². The standard InChI is InChI=1S/C11H18N2O3/c1-7-11(15)13(8(2)10(14)12-7)9-3-5-16-6-4-9/h7-9H,3-6H2,1-2H3,(H,12,14). The number of hydrogen-bond acceptors (Lipinski definition) is 3. The lowest BCUT2D eigenvalue weighted by atomic mass is 10.0. The fourth-order valence-electron chi connectivity index (χ4n) is 2.40. The van der Waals surface area contributed by atoms with E-state index in [9.17, 15) is 9.59 Å². The third-order valence-corrected chi connectivity index (χ3v) is 3.36. The van der Waals surface area contributed by atoms with Gasteiger partial charge in [-0.05, 0) is 26.7 Å². The van der Waals surface area contributed by atoms with Crippen molar-refractivity contribution in [3.05, 3.63) is 0 Å². The van der Waals surface area contributed by atoms with E-state index >= 15 is 0 Å². The molecule has 0 radical (unpaired) electrons. The fourth-order valence-corrected chi connectivity index (χ4v) is 2.40. The summed E-state index contributed by atoms with van der Waals surface area (Å²) in [5.74, 6) is -0.0300. The summed E-state index contributed by atoms with van der Waals surface area (Å²) >= 11 is 0. The Bertz CT molecular complexity index is 300. The molecule has 2 unspecified atom stereocenters. The summed E-state index contributed by atoms with van der Waals surface area (Å²) in [4.78, 5) is 25.5. The second kappa shape index (κ2) is 4.41. The van der Waals surface area contributed by atoms with Crippen LogP contribution in [0.2, 0.25) is 0 Å². The van der Waals surface area contributed by atoms with Gasteiger partial charge < -0.3 is 15.0 Å². The monoisotopic (exact) mass is 226 g/mol. The van der Waals surface area contributed by atoms with Crippen molar-refractivity contribution in [2.75, 3.05) is 13.2 Å². The highest BCUT2D eigenvalue weighted by molar-refractivity contribution is 5.96. The van der Waals surface area contributed by atoms with Crippen molar-refractivity contribution < 1.29 is 14.3 Å². The molecular weight excluding hydrogens is 208 g/mol. The van der Waals surface area contributed by atoms with Crippen molar-refractivity contribution in [3.8, 4) is 0 Å². The molecule has 2 heterocycles. The Balaban J connectivity index is 2.14. The topological polar surface area (TPSA) is 58.6 Å². The summed E-state index contributed by atoms with van der Waals surface area (Å²) < 4.78 is 5.28. The maximum Gasteiger partial charge on any atom is 0.245 e. The summed E-state index contributed by atoms with van der Waals surface area (Å²) in [6.45, 7) is 4.88. The smallest absolute Gasteiger partial charge is 0.245 e. The average Bonchev–Trinajstić information content (AvgIpc) is 2.28. The Morgan fingerprint density at radius 1 is 1.25 bits per heavy atom. The van der Waals surface area contributed by atoms with E-state index in [4.69, 9.17) is 4.74 Å². The average molecular weight is 226 g/mol. The lowest BCUT2D eigenvalue weighted by Gasteiger charge is -2.42. The Morgan fingerprint density at radius 3 is 2.50 bits per heavy atom. The number of carbonyl (C=O) groups excluding carboxylic acids is 2. The highest BCUT2D eigenvalue weighted by Crippen LogP contribution is 2.21. The predicted octanol–water partition coefficient (Wildman–Crippen LogP) is -0.0992. The van der Waals surface area contributed by atoms with Gasteiger partial charge in [-0.15, -0.1) is 0 Å². The Hall–Kier alpha value is -1.10. The molecule has 0 aliphatic carbocycles. The zero-order valence-corrected chi connectivity index (χ0v) is 9.73. The van der Waals surface area contributed by atoms with Crippen LogP contribution in [0.15, 0.2) is 0 Å². The molecule has 2 amide bonds. The van der Waals surface area contributed by atoms with Crippen molar-refractivity contribution in [2.45, 2.75) is 44.8 Å². The molecule has 0 aromatic carbocycles. The van der Waals surface area contributed by atoms with Crippen molar-refractivity contribution in [2.24, 2.45) is 0 Å². The zero-order chi connectivity index (χ0) is 11.7. The molecule has 2 aliphatic rings. The van der Waals surface area contributed by atoms with E-state index in [0.29, 0.717) is 13.2 Å². The Labute approximate surface area is 95.1 Å². The van der Waals surface area contributed by atoms with Crippen LogP contribution in [0.3, 0.4) is 0 Å². The number of amides is 2. The normalized spacial score (nSPS) is 32.8. The summed E-state index contributed by atoms with van der Waals surface area (Å²) in [5, 5.41) is 2.69. The molecule has 0 aromatic rings. The molecule has 2 aliphatic heterocycles. The van der Waals surface area contributed by atoms with E-state index in [1.807, 2.05) is 0 Å². The number of piperazine rings is 1. The molecule has 0 aromatic heterocycles. The molecule has 2 rings (SSSR count). The molecule has 16 heavy (non-hydrogen) atoms. The Morgan fingerprint density at radius 2 is 1.88 bits per heavy atom. The van der Waals surface area contributed by atoms with E-state index < -0.39 is 6.04 Å². The highest BCUT2D eigenvalue weighted by Gasteiger charge is 2.39. The van der Waals surface area contributed by atoms with Crippen LogP contribution in [-0.4, -0.2) is 48.1 Å². The summed E-state index contributed by atoms with van der Waals surface area (Å²) in [5.41, 5.74) is 0. The first-order chi connectivity index (χ1) is 7.61. The first-order valence-corrected chi connectivity index (χ1v) is 5.81. The second-order valence-corrected chi connectivity index (χ2v) is 4.50. The van der Waals surface area contributed by atoms with Crippen LogP contribution in [-0.2, 0) is 14.3 Å². The van der Waals surface area contributed by atoms with E-state index in [2.05, 4.69) is 5.32 Å². The van der Waals surface area contributed by atoms with Crippen LogP contribution in [0.4, 0.5) is 0 Å². The van der Waals surface area contributed by atoms with Gasteiger partial charge in [-0.25, -0.2) is 0 Å². The number of rotatable bonds is 1. The van der Waals surface area contributed by atoms with Gasteiger partial charge in [-0.2, -0.15) is 0 Å². The second-order valence-electron chi connectivity index (χ2n) is 4.50. The predicted molar refractivity (Wildman–Crippen MR) is 57.8 cm³/mol. The first kappa shape index (κ1) is 11.4. The molecule has 2 atom stereocenters. The Kier molecular flexibility index (Phi) is 3.14. The number of nitrogens with zero attached hydrogens (tertiary/aromatic N) is 1. The quantitative estimate of drug-likeness (QED) is 0.679. The van der Waals surface area contributed by atoms with Crippen LogP contribution in [0, 0.1) is 0 Å². The molecule has 0 saturated carbocycles. The van der Waals surface area contributed by atoms with E-state index in [1.54, 1.807) is 18.7 Å².